The van der Waals surface area contributed by atoms with Gasteiger partial charge in [0.25, 0.3) is 0 Å². The molecule has 2 N–H and O–H groups in total. The lowest BCUT2D eigenvalue weighted by Gasteiger charge is -2.30. The molecular weight excluding hydrogens is 250 g/mol. The van der Waals surface area contributed by atoms with E-state index in [-0.39, 0.29) is 11.9 Å². The van der Waals surface area contributed by atoms with E-state index >= 15 is 0 Å². The molecule has 1 unspecified atom stereocenters. The van der Waals surface area contributed by atoms with E-state index in [0.717, 1.165) is 32.6 Å². The van der Waals surface area contributed by atoms with Gasteiger partial charge in [-0.1, -0.05) is 30.3 Å². The molecule has 1 amide bonds. The third-order valence-electron chi connectivity index (χ3n) is 3.85. The van der Waals surface area contributed by atoms with Gasteiger partial charge in [0.1, 0.15) is 0 Å². The summed E-state index contributed by atoms with van der Waals surface area (Å²) in [6.45, 7) is 7.58. The minimum atomic E-state index is -0.405. The molecule has 1 saturated heterocycles. The van der Waals surface area contributed by atoms with Gasteiger partial charge in [-0.15, -0.1) is 0 Å². The highest BCUT2D eigenvalue weighted by atomic mass is 16.2. The zero-order valence-electron chi connectivity index (χ0n) is 12.5. The van der Waals surface area contributed by atoms with Crippen molar-refractivity contribution in [3.8, 4) is 0 Å². The van der Waals surface area contributed by atoms with Crippen LogP contribution in [0.5, 0.6) is 0 Å². The van der Waals surface area contributed by atoms with Crippen molar-refractivity contribution in [2.24, 2.45) is 5.73 Å². The first kappa shape index (κ1) is 15.0. The molecule has 20 heavy (non-hydrogen) atoms. The Balaban J connectivity index is 1.98. The monoisotopic (exact) mass is 275 g/mol. The Hall–Kier alpha value is -1.39. The van der Waals surface area contributed by atoms with Crippen molar-refractivity contribution in [2.45, 2.75) is 38.9 Å². The van der Waals surface area contributed by atoms with Gasteiger partial charge in [0.2, 0.25) is 5.91 Å². The van der Waals surface area contributed by atoms with Crippen LogP contribution in [-0.2, 0) is 11.3 Å². The second-order valence-electron chi connectivity index (χ2n) is 5.74. The number of nitrogens with zero attached hydrogens (tertiary/aromatic N) is 2. The number of rotatable bonds is 3. The fourth-order valence-electron chi connectivity index (χ4n) is 2.82. The molecule has 110 valence electrons. The number of benzene rings is 1. The lowest BCUT2D eigenvalue weighted by Crippen LogP contribution is -2.48. The van der Waals surface area contributed by atoms with Crippen molar-refractivity contribution in [3.63, 3.8) is 0 Å². The molecule has 0 aliphatic carbocycles. The van der Waals surface area contributed by atoms with E-state index < -0.39 is 6.04 Å². The predicted molar refractivity (Wildman–Crippen MR) is 81.2 cm³/mol. The van der Waals surface area contributed by atoms with Crippen LogP contribution in [-0.4, -0.2) is 47.4 Å². The smallest absolute Gasteiger partial charge is 0.239 e. The maximum Gasteiger partial charge on any atom is 0.239 e. The van der Waals surface area contributed by atoms with Crippen molar-refractivity contribution in [1.82, 2.24) is 9.80 Å². The molecule has 1 aliphatic rings. The zero-order chi connectivity index (χ0) is 14.5. The average molecular weight is 275 g/mol. The van der Waals surface area contributed by atoms with E-state index in [1.165, 1.54) is 5.56 Å². The van der Waals surface area contributed by atoms with Gasteiger partial charge in [0.05, 0.1) is 6.04 Å². The molecule has 0 aromatic heterocycles. The Labute approximate surface area is 121 Å². The highest BCUT2D eigenvalue weighted by Crippen LogP contribution is 2.14. The van der Waals surface area contributed by atoms with E-state index in [4.69, 9.17) is 5.73 Å². The second-order valence-corrected chi connectivity index (χ2v) is 5.74. The molecule has 1 aliphatic heterocycles. The number of nitrogens with two attached hydrogens (primary N) is 1. The molecule has 2 atom stereocenters. The first-order chi connectivity index (χ1) is 9.58. The van der Waals surface area contributed by atoms with Crippen LogP contribution in [0.3, 0.4) is 0 Å². The fourth-order valence-corrected chi connectivity index (χ4v) is 2.82. The minimum absolute atomic E-state index is 0.0686. The summed E-state index contributed by atoms with van der Waals surface area (Å²) in [4.78, 5) is 16.5. The summed E-state index contributed by atoms with van der Waals surface area (Å²) in [5.41, 5.74) is 7.06. The summed E-state index contributed by atoms with van der Waals surface area (Å²) >= 11 is 0. The average Bonchev–Trinajstić information content (AvgIpc) is 2.60. The Bertz CT molecular complexity index is 433. The molecule has 1 aromatic carbocycles. The largest absolute Gasteiger partial charge is 0.337 e. The van der Waals surface area contributed by atoms with Crippen molar-refractivity contribution in [1.29, 1.82) is 0 Å². The third-order valence-corrected chi connectivity index (χ3v) is 3.85. The van der Waals surface area contributed by atoms with Gasteiger partial charge >= 0.3 is 0 Å². The number of hydrogen-bond donors (Lipinski definition) is 1. The Morgan fingerprint density at radius 2 is 2.05 bits per heavy atom. The topological polar surface area (TPSA) is 49.6 Å². The predicted octanol–water partition coefficient (Wildman–Crippen LogP) is 1.46. The first-order valence-electron chi connectivity index (χ1n) is 7.40. The molecule has 0 spiro atoms. The highest BCUT2D eigenvalue weighted by molar-refractivity contribution is 5.81. The van der Waals surface area contributed by atoms with E-state index in [2.05, 4.69) is 36.1 Å². The number of amides is 1. The number of carbonyl (C=O) groups is 1. The summed E-state index contributed by atoms with van der Waals surface area (Å²) < 4.78 is 0. The summed E-state index contributed by atoms with van der Waals surface area (Å²) in [6, 6.07) is 10.3. The second kappa shape index (κ2) is 6.86. The SMILES string of the molecule is CC1CN(Cc2ccccc2)CCCN1C(=O)[C@@H](C)N. The van der Waals surface area contributed by atoms with E-state index in [0.29, 0.717) is 0 Å². The van der Waals surface area contributed by atoms with Gasteiger partial charge in [-0.05, 0) is 25.8 Å². The van der Waals surface area contributed by atoms with Crippen LogP contribution in [0, 0.1) is 0 Å². The molecule has 1 fully saturated rings. The van der Waals surface area contributed by atoms with Crippen molar-refractivity contribution >= 4 is 5.91 Å². The third kappa shape index (κ3) is 3.81. The normalized spacial score (nSPS) is 22.4. The molecule has 2 rings (SSSR count). The molecule has 0 saturated carbocycles. The molecular formula is C16H25N3O. The van der Waals surface area contributed by atoms with E-state index in [1.807, 2.05) is 11.0 Å². The summed E-state index contributed by atoms with van der Waals surface area (Å²) in [6.07, 6.45) is 1.01. The van der Waals surface area contributed by atoms with Crippen LogP contribution < -0.4 is 5.73 Å². The van der Waals surface area contributed by atoms with Gasteiger partial charge in [-0.25, -0.2) is 0 Å². The molecule has 1 aromatic rings. The summed E-state index contributed by atoms with van der Waals surface area (Å²) in [5, 5.41) is 0. The lowest BCUT2D eigenvalue weighted by atomic mass is 10.2. The first-order valence-corrected chi connectivity index (χ1v) is 7.40. The van der Waals surface area contributed by atoms with E-state index in [1.54, 1.807) is 6.92 Å². The Morgan fingerprint density at radius 1 is 1.35 bits per heavy atom. The Kier molecular flexibility index (Phi) is 5.15. The Morgan fingerprint density at radius 3 is 2.70 bits per heavy atom. The molecule has 4 heteroatoms. The van der Waals surface area contributed by atoms with Crippen LogP contribution in [0.4, 0.5) is 0 Å². The van der Waals surface area contributed by atoms with Crippen molar-refractivity contribution in [2.75, 3.05) is 19.6 Å². The van der Waals surface area contributed by atoms with Crippen LogP contribution in [0.15, 0.2) is 30.3 Å². The van der Waals surface area contributed by atoms with Gasteiger partial charge in [0, 0.05) is 32.2 Å². The highest BCUT2D eigenvalue weighted by Gasteiger charge is 2.26. The van der Waals surface area contributed by atoms with Crippen molar-refractivity contribution in [3.05, 3.63) is 35.9 Å². The van der Waals surface area contributed by atoms with Crippen LogP contribution >= 0.6 is 0 Å². The summed E-state index contributed by atoms with van der Waals surface area (Å²) in [5.74, 6) is 0.0686. The quantitative estimate of drug-likeness (QED) is 0.908. The van der Waals surface area contributed by atoms with Crippen LogP contribution in [0.25, 0.3) is 0 Å². The zero-order valence-corrected chi connectivity index (χ0v) is 12.5. The van der Waals surface area contributed by atoms with Crippen LogP contribution in [0.1, 0.15) is 25.8 Å². The fraction of sp³-hybridized carbons (Fsp3) is 0.562. The summed E-state index contributed by atoms with van der Waals surface area (Å²) in [7, 11) is 0. The molecule has 0 radical (unpaired) electrons. The molecule has 1 heterocycles. The van der Waals surface area contributed by atoms with Gasteiger partial charge < -0.3 is 10.6 Å². The molecule has 0 bridgehead atoms. The number of hydrogen-bond acceptors (Lipinski definition) is 3. The lowest BCUT2D eigenvalue weighted by molar-refractivity contribution is -0.134. The van der Waals surface area contributed by atoms with E-state index in [9.17, 15) is 4.79 Å². The maximum absolute atomic E-state index is 12.1. The maximum atomic E-state index is 12.1. The van der Waals surface area contributed by atoms with Gasteiger partial charge in [-0.3, -0.25) is 9.69 Å². The van der Waals surface area contributed by atoms with Crippen molar-refractivity contribution < 1.29 is 4.79 Å². The molecule has 4 nitrogen and oxygen atoms in total. The standard InChI is InChI=1S/C16H25N3O/c1-13-11-18(12-15-7-4-3-5-8-15)9-6-10-19(13)16(20)14(2)17/h3-5,7-8,13-14H,6,9-12,17H2,1-2H3/t13?,14-/m1/s1. The van der Waals surface area contributed by atoms with Gasteiger partial charge in [-0.2, -0.15) is 0 Å². The minimum Gasteiger partial charge on any atom is -0.337 e. The van der Waals surface area contributed by atoms with Crippen LogP contribution in [0.2, 0.25) is 0 Å². The van der Waals surface area contributed by atoms with Gasteiger partial charge in [0.15, 0.2) is 0 Å². The number of carbonyl (C=O) groups excluding carboxylic acids is 1.